The average molecular weight is 326 g/mol. The van der Waals surface area contributed by atoms with Crippen molar-refractivity contribution in [2.24, 2.45) is 0 Å². The lowest BCUT2D eigenvalue weighted by atomic mass is 10.2. The summed E-state index contributed by atoms with van der Waals surface area (Å²) in [6.07, 6.45) is 5.21. The minimum Gasteiger partial charge on any atom is -0.331 e. The van der Waals surface area contributed by atoms with Crippen LogP contribution in [0.15, 0.2) is 42.9 Å². The Kier molecular flexibility index (Phi) is 3.37. The largest absolute Gasteiger partial charge is 0.331 e. The van der Waals surface area contributed by atoms with Gasteiger partial charge in [-0.05, 0) is 31.2 Å². The highest BCUT2D eigenvalue weighted by Crippen LogP contribution is 2.24. The molecule has 0 saturated heterocycles. The molecule has 1 aliphatic heterocycles. The number of hydrogen-bond acceptors (Lipinski definition) is 4. The number of aromatic nitrogens is 5. The quantitative estimate of drug-likeness (QED) is 0.720. The van der Waals surface area contributed by atoms with Gasteiger partial charge in [0.25, 0.3) is 5.91 Å². The third kappa shape index (κ3) is 2.36. The molecule has 0 radical (unpaired) electrons. The van der Waals surface area contributed by atoms with Crippen molar-refractivity contribution in [2.45, 2.75) is 19.5 Å². The highest BCUT2D eigenvalue weighted by atomic mass is 19.1. The van der Waals surface area contributed by atoms with E-state index in [0.717, 1.165) is 5.82 Å². The maximum atomic E-state index is 13.0. The van der Waals surface area contributed by atoms with Gasteiger partial charge in [-0.3, -0.25) is 4.79 Å². The highest BCUT2D eigenvalue weighted by Gasteiger charge is 2.30. The van der Waals surface area contributed by atoms with Crippen LogP contribution < -0.4 is 0 Å². The van der Waals surface area contributed by atoms with Crippen LogP contribution in [0.4, 0.5) is 4.39 Å². The van der Waals surface area contributed by atoms with Crippen molar-refractivity contribution in [1.29, 1.82) is 0 Å². The fourth-order valence-corrected chi connectivity index (χ4v) is 2.93. The first-order chi connectivity index (χ1) is 11.6. The van der Waals surface area contributed by atoms with E-state index in [9.17, 15) is 9.18 Å². The summed E-state index contributed by atoms with van der Waals surface area (Å²) in [5, 5.41) is 7.94. The number of hydrogen-bond donors (Lipinski definition) is 0. The number of halogens is 1. The molecule has 24 heavy (non-hydrogen) atoms. The predicted octanol–water partition coefficient (Wildman–Crippen LogP) is 1.82. The summed E-state index contributed by atoms with van der Waals surface area (Å²) in [5.74, 6) is 0.346. The maximum Gasteiger partial charge on any atom is 0.276 e. The molecule has 1 atom stereocenters. The molecular formula is C16H15FN6O. The van der Waals surface area contributed by atoms with Gasteiger partial charge < -0.3 is 9.47 Å². The normalized spacial score (nSPS) is 16.9. The fourth-order valence-electron chi connectivity index (χ4n) is 2.93. The molecule has 3 aromatic rings. The molecular weight excluding hydrogens is 311 g/mol. The van der Waals surface area contributed by atoms with E-state index in [1.165, 1.54) is 16.8 Å². The Bertz CT molecular complexity index is 884. The van der Waals surface area contributed by atoms with Crippen molar-refractivity contribution in [3.63, 3.8) is 0 Å². The molecule has 2 aromatic heterocycles. The summed E-state index contributed by atoms with van der Waals surface area (Å²) in [7, 11) is 0. The summed E-state index contributed by atoms with van der Waals surface area (Å²) >= 11 is 0. The topological polar surface area (TPSA) is 68.8 Å². The van der Waals surface area contributed by atoms with Crippen LogP contribution >= 0.6 is 0 Å². The first kappa shape index (κ1) is 14.6. The SMILES string of the molecule is CC1c2nccn2CCN1C(=O)c1cn(-c2ccc(F)cc2)nn1. The standard InChI is InChI=1S/C16H15FN6O/c1-11-15-18-6-7-21(15)8-9-22(11)16(24)14-10-23(20-19-14)13-4-2-12(17)3-5-13/h2-7,10-11H,8-9H2,1H3. The zero-order chi connectivity index (χ0) is 16.7. The lowest BCUT2D eigenvalue weighted by Gasteiger charge is -2.33. The second-order valence-corrected chi connectivity index (χ2v) is 5.68. The van der Waals surface area contributed by atoms with Gasteiger partial charge in [-0.2, -0.15) is 0 Å². The van der Waals surface area contributed by atoms with Crippen molar-refractivity contribution >= 4 is 5.91 Å². The Balaban J connectivity index is 1.59. The lowest BCUT2D eigenvalue weighted by Crippen LogP contribution is -2.41. The molecule has 8 heteroatoms. The molecule has 122 valence electrons. The number of imidazole rings is 1. The van der Waals surface area contributed by atoms with Crippen LogP contribution in [0.3, 0.4) is 0 Å². The van der Waals surface area contributed by atoms with Crippen LogP contribution in [-0.4, -0.2) is 41.9 Å². The summed E-state index contributed by atoms with van der Waals surface area (Å²) < 4.78 is 16.5. The van der Waals surface area contributed by atoms with Crippen molar-refractivity contribution < 1.29 is 9.18 Å². The first-order valence-corrected chi connectivity index (χ1v) is 7.64. The van der Waals surface area contributed by atoms with Crippen LogP contribution in [0.5, 0.6) is 0 Å². The Morgan fingerprint density at radius 1 is 1.25 bits per heavy atom. The molecule has 0 fully saturated rings. The molecule has 0 N–H and O–H groups in total. The predicted molar refractivity (Wildman–Crippen MR) is 83.0 cm³/mol. The van der Waals surface area contributed by atoms with E-state index in [2.05, 4.69) is 15.3 Å². The number of nitrogens with zero attached hydrogens (tertiary/aromatic N) is 6. The van der Waals surface area contributed by atoms with Gasteiger partial charge in [-0.25, -0.2) is 14.1 Å². The van der Waals surface area contributed by atoms with Gasteiger partial charge in [-0.1, -0.05) is 5.21 Å². The third-order valence-electron chi connectivity index (χ3n) is 4.24. The molecule has 1 aromatic carbocycles. The minimum absolute atomic E-state index is 0.128. The summed E-state index contributed by atoms with van der Waals surface area (Å²) in [4.78, 5) is 18.8. The minimum atomic E-state index is -0.326. The summed E-state index contributed by atoms with van der Waals surface area (Å²) in [6, 6.07) is 5.71. The Labute approximate surface area is 137 Å². The van der Waals surface area contributed by atoms with Crippen LogP contribution in [0, 0.1) is 5.82 Å². The lowest BCUT2D eigenvalue weighted by molar-refractivity contribution is 0.0631. The monoisotopic (exact) mass is 326 g/mol. The average Bonchev–Trinajstić information content (AvgIpc) is 3.25. The van der Waals surface area contributed by atoms with E-state index in [1.54, 1.807) is 29.4 Å². The van der Waals surface area contributed by atoms with Gasteiger partial charge in [0.05, 0.1) is 17.9 Å². The highest BCUT2D eigenvalue weighted by molar-refractivity contribution is 5.92. The molecule has 1 aliphatic rings. The van der Waals surface area contributed by atoms with E-state index in [-0.39, 0.29) is 23.5 Å². The van der Waals surface area contributed by atoms with Gasteiger partial charge in [0.2, 0.25) is 0 Å². The number of carbonyl (C=O) groups excluding carboxylic acids is 1. The van der Waals surface area contributed by atoms with Gasteiger partial charge >= 0.3 is 0 Å². The molecule has 3 heterocycles. The molecule has 0 saturated carbocycles. The van der Waals surface area contributed by atoms with Crippen molar-refractivity contribution in [3.8, 4) is 5.69 Å². The molecule has 1 amide bonds. The van der Waals surface area contributed by atoms with Gasteiger partial charge in [0.1, 0.15) is 11.6 Å². The second-order valence-electron chi connectivity index (χ2n) is 5.68. The molecule has 0 spiro atoms. The number of rotatable bonds is 2. The molecule has 1 unspecified atom stereocenters. The zero-order valence-corrected chi connectivity index (χ0v) is 13.0. The Hall–Kier alpha value is -3.03. The van der Waals surface area contributed by atoms with E-state index in [1.807, 2.05) is 17.7 Å². The summed E-state index contributed by atoms with van der Waals surface area (Å²) in [6.45, 7) is 3.24. The van der Waals surface area contributed by atoms with E-state index in [0.29, 0.717) is 18.8 Å². The zero-order valence-electron chi connectivity index (χ0n) is 13.0. The number of fused-ring (bicyclic) bond motifs is 1. The number of amides is 1. The van der Waals surface area contributed by atoms with Gasteiger partial charge in [0, 0.05) is 25.5 Å². The summed E-state index contributed by atoms with van der Waals surface area (Å²) in [5.41, 5.74) is 0.899. The van der Waals surface area contributed by atoms with Crippen molar-refractivity contribution in [1.82, 2.24) is 29.4 Å². The van der Waals surface area contributed by atoms with E-state index in [4.69, 9.17) is 0 Å². The van der Waals surface area contributed by atoms with Crippen molar-refractivity contribution in [2.75, 3.05) is 6.54 Å². The molecule has 0 aliphatic carbocycles. The van der Waals surface area contributed by atoms with Gasteiger partial charge in [-0.15, -0.1) is 5.10 Å². The van der Waals surface area contributed by atoms with Gasteiger partial charge in [0.15, 0.2) is 5.69 Å². The van der Waals surface area contributed by atoms with Crippen LogP contribution in [-0.2, 0) is 6.54 Å². The second kappa shape index (κ2) is 5.55. The smallest absolute Gasteiger partial charge is 0.276 e. The Morgan fingerprint density at radius 2 is 2.04 bits per heavy atom. The van der Waals surface area contributed by atoms with E-state index < -0.39 is 0 Å². The maximum absolute atomic E-state index is 13.0. The Morgan fingerprint density at radius 3 is 2.83 bits per heavy atom. The molecule has 7 nitrogen and oxygen atoms in total. The van der Waals surface area contributed by atoms with Crippen molar-refractivity contribution in [3.05, 3.63) is 60.2 Å². The first-order valence-electron chi connectivity index (χ1n) is 7.64. The third-order valence-corrected chi connectivity index (χ3v) is 4.24. The number of carbonyl (C=O) groups is 1. The van der Waals surface area contributed by atoms with Crippen LogP contribution in [0.25, 0.3) is 5.69 Å². The fraction of sp³-hybridized carbons (Fsp3) is 0.250. The number of benzene rings is 1. The van der Waals surface area contributed by atoms with Crippen LogP contribution in [0.2, 0.25) is 0 Å². The molecule has 0 bridgehead atoms. The van der Waals surface area contributed by atoms with Crippen LogP contribution in [0.1, 0.15) is 29.3 Å². The molecule has 4 rings (SSSR count). The van der Waals surface area contributed by atoms with E-state index >= 15 is 0 Å².